The Labute approximate surface area is 131 Å². The van der Waals surface area contributed by atoms with E-state index in [9.17, 15) is 8.42 Å². The van der Waals surface area contributed by atoms with Crippen molar-refractivity contribution in [3.8, 4) is 0 Å². The van der Waals surface area contributed by atoms with Gasteiger partial charge >= 0.3 is 0 Å². The fourth-order valence-electron chi connectivity index (χ4n) is 1.82. The average Bonchev–Trinajstić information content (AvgIpc) is 2.85. The second kappa shape index (κ2) is 5.85. The van der Waals surface area contributed by atoms with E-state index in [1.807, 2.05) is 13.8 Å². The van der Waals surface area contributed by atoms with Crippen LogP contribution in [-0.2, 0) is 16.6 Å². The molecule has 0 spiro atoms. The summed E-state index contributed by atoms with van der Waals surface area (Å²) in [5.74, 6) is 0. The molecule has 7 heteroatoms. The van der Waals surface area contributed by atoms with Gasteiger partial charge in [-0.05, 0) is 49.2 Å². The molecule has 0 unspecified atom stereocenters. The van der Waals surface area contributed by atoms with Crippen molar-refractivity contribution < 1.29 is 8.42 Å². The zero-order valence-corrected chi connectivity index (χ0v) is 14.3. The Hall–Kier alpha value is -0.890. The van der Waals surface area contributed by atoms with Gasteiger partial charge in [0.15, 0.2) is 0 Å². The van der Waals surface area contributed by atoms with E-state index in [2.05, 4.69) is 20.7 Å². The zero-order chi connectivity index (χ0) is 14.9. The van der Waals surface area contributed by atoms with Gasteiger partial charge in [-0.1, -0.05) is 15.9 Å². The molecule has 0 fully saturated rings. The molecule has 0 saturated carbocycles. The van der Waals surface area contributed by atoms with E-state index in [0.717, 1.165) is 20.5 Å². The molecule has 0 aliphatic rings. The minimum atomic E-state index is -3.55. The molecule has 3 N–H and O–H groups in total. The summed E-state index contributed by atoms with van der Waals surface area (Å²) in [5, 5.41) is 0. The van der Waals surface area contributed by atoms with Gasteiger partial charge in [0.05, 0.1) is 0 Å². The van der Waals surface area contributed by atoms with E-state index in [1.54, 1.807) is 24.3 Å². The summed E-state index contributed by atoms with van der Waals surface area (Å²) in [4.78, 5) is 0.841. The Morgan fingerprint density at radius 2 is 1.85 bits per heavy atom. The Bertz CT molecular complexity index is 716. The molecule has 4 nitrogen and oxygen atoms in total. The Kier molecular flexibility index (Phi) is 4.53. The Morgan fingerprint density at radius 1 is 1.25 bits per heavy atom. The smallest absolute Gasteiger partial charge is 0.271 e. The molecule has 0 saturated heterocycles. The lowest BCUT2D eigenvalue weighted by atomic mass is 10.1. The quantitative estimate of drug-likeness (QED) is 0.861. The summed E-state index contributed by atoms with van der Waals surface area (Å²) in [6, 6.07) is 6.91. The van der Waals surface area contributed by atoms with Crippen molar-refractivity contribution in [2.45, 2.75) is 24.6 Å². The van der Waals surface area contributed by atoms with E-state index in [0.29, 0.717) is 12.2 Å². The van der Waals surface area contributed by atoms with E-state index in [1.165, 1.54) is 11.3 Å². The van der Waals surface area contributed by atoms with Gasteiger partial charge in [0.25, 0.3) is 10.0 Å². The first-order chi connectivity index (χ1) is 9.33. The molecule has 1 aromatic carbocycles. The van der Waals surface area contributed by atoms with E-state index in [-0.39, 0.29) is 4.21 Å². The molecular formula is C13H15BrN2O2S2. The SMILES string of the molecule is Cc1cc(NS(=O)(=O)c2ccc(CN)s2)cc(C)c1Br. The van der Waals surface area contributed by atoms with Crippen LogP contribution in [0, 0.1) is 13.8 Å². The number of hydrogen-bond acceptors (Lipinski definition) is 4. The number of nitrogens with two attached hydrogens (primary N) is 1. The van der Waals surface area contributed by atoms with Gasteiger partial charge in [0, 0.05) is 21.6 Å². The van der Waals surface area contributed by atoms with Crippen LogP contribution in [0.15, 0.2) is 32.9 Å². The second-order valence-electron chi connectivity index (χ2n) is 4.45. The monoisotopic (exact) mass is 374 g/mol. The normalized spacial score (nSPS) is 11.6. The highest BCUT2D eigenvalue weighted by molar-refractivity contribution is 9.10. The van der Waals surface area contributed by atoms with Crippen molar-refractivity contribution in [3.05, 3.63) is 44.7 Å². The number of benzene rings is 1. The molecule has 0 radical (unpaired) electrons. The van der Waals surface area contributed by atoms with Crippen LogP contribution in [0.1, 0.15) is 16.0 Å². The van der Waals surface area contributed by atoms with Gasteiger partial charge in [-0.25, -0.2) is 8.42 Å². The summed E-state index contributed by atoms with van der Waals surface area (Å²) >= 11 is 4.65. The Balaban J connectivity index is 2.33. The highest BCUT2D eigenvalue weighted by Gasteiger charge is 2.17. The first-order valence-electron chi connectivity index (χ1n) is 5.92. The summed E-state index contributed by atoms with van der Waals surface area (Å²) < 4.78 is 28.4. The number of thiophene rings is 1. The number of nitrogens with one attached hydrogen (secondary N) is 1. The summed E-state index contributed by atoms with van der Waals surface area (Å²) in [5.41, 5.74) is 8.03. The Morgan fingerprint density at radius 3 is 2.35 bits per heavy atom. The molecule has 0 aliphatic carbocycles. The maximum atomic E-state index is 12.3. The van der Waals surface area contributed by atoms with Gasteiger partial charge in [0.1, 0.15) is 4.21 Å². The summed E-state index contributed by atoms with van der Waals surface area (Å²) in [6.45, 7) is 4.19. The second-order valence-corrected chi connectivity index (χ2v) is 8.32. The molecule has 0 bridgehead atoms. The molecule has 1 heterocycles. The summed E-state index contributed by atoms with van der Waals surface area (Å²) in [7, 11) is -3.55. The van der Waals surface area contributed by atoms with Crippen molar-refractivity contribution in [3.63, 3.8) is 0 Å². The van der Waals surface area contributed by atoms with Crippen LogP contribution in [0.3, 0.4) is 0 Å². The van der Waals surface area contributed by atoms with Crippen molar-refractivity contribution in [1.29, 1.82) is 0 Å². The lowest BCUT2D eigenvalue weighted by molar-refractivity contribution is 0.603. The largest absolute Gasteiger partial charge is 0.326 e. The first-order valence-corrected chi connectivity index (χ1v) is 9.01. The zero-order valence-electron chi connectivity index (χ0n) is 11.1. The van der Waals surface area contributed by atoms with Gasteiger partial charge < -0.3 is 5.73 Å². The molecule has 0 atom stereocenters. The van der Waals surface area contributed by atoms with Gasteiger partial charge in [-0.3, -0.25) is 4.72 Å². The predicted octanol–water partition coefficient (Wildman–Crippen LogP) is 3.39. The topological polar surface area (TPSA) is 72.2 Å². The standard InChI is InChI=1S/C13H15BrN2O2S2/c1-8-5-10(6-9(2)13(8)14)16-20(17,18)12-4-3-11(7-15)19-12/h3-6,16H,7,15H2,1-2H3. The lowest BCUT2D eigenvalue weighted by Crippen LogP contribution is -2.11. The van der Waals surface area contributed by atoms with Gasteiger partial charge in [0.2, 0.25) is 0 Å². The van der Waals surface area contributed by atoms with E-state index < -0.39 is 10.0 Å². The van der Waals surface area contributed by atoms with Crippen molar-refractivity contribution in [2.75, 3.05) is 4.72 Å². The van der Waals surface area contributed by atoms with Crippen molar-refractivity contribution in [1.82, 2.24) is 0 Å². The third-order valence-electron chi connectivity index (χ3n) is 2.79. The first kappa shape index (κ1) is 15.5. The molecule has 2 rings (SSSR count). The highest BCUT2D eigenvalue weighted by Crippen LogP contribution is 2.28. The van der Waals surface area contributed by atoms with E-state index in [4.69, 9.17) is 5.73 Å². The maximum absolute atomic E-state index is 12.3. The average molecular weight is 375 g/mol. The van der Waals surface area contributed by atoms with Crippen molar-refractivity contribution in [2.24, 2.45) is 5.73 Å². The molecule has 20 heavy (non-hydrogen) atoms. The van der Waals surface area contributed by atoms with Crippen LogP contribution in [0.25, 0.3) is 0 Å². The molecule has 0 amide bonds. The minimum Gasteiger partial charge on any atom is -0.326 e. The van der Waals surface area contributed by atoms with Crippen molar-refractivity contribution >= 4 is 43.0 Å². The predicted molar refractivity (Wildman–Crippen MR) is 86.6 cm³/mol. The fraction of sp³-hybridized carbons (Fsp3) is 0.231. The number of sulfonamides is 1. The van der Waals surface area contributed by atoms with Crippen LogP contribution >= 0.6 is 27.3 Å². The van der Waals surface area contributed by atoms with E-state index >= 15 is 0 Å². The van der Waals surface area contributed by atoms with Crippen LogP contribution < -0.4 is 10.5 Å². The number of hydrogen-bond donors (Lipinski definition) is 2. The lowest BCUT2D eigenvalue weighted by Gasteiger charge is -2.10. The molecule has 108 valence electrons. The molecular weight excluding hydrogens is 360 g/mol. The maximum Gasteiger partial charge on any atom is 0.271 e. The molecule has 1 aromatic heterocycles. The molecule has 0 aliphatic heterocycles. The van der Waals surface area contributed by atoms with Crippen LogP contribution in [0.5, 0.6) is 0 Å². The number of halogens is 1. The van der Waals surface area contributed by atoms with Crippen LogP contribution in [-0.4, -0.2) is 8.42 Å². The van der Waals surface area contributed by atoms with Crippen LogP contribution in [0.2, 0.25) is 0 Å². The van der Waals surface area contributed by atoms with Crippen LogP contribution in [0.4, 0.5) is 5.69 Å². The van der Waals surface area contributed by atoms with Gasteiger partial charge in [-0.15, -0.1) is 11.3 Å². The summed E-state index contributed by atoms with van der Waals surface area (Å²) in [6.07, 6.45) is 0. The fourth-order valence-corrected chi connectivity index (χ4v) is 4.33. The highest BCUT2D eigenvalue weighted by atomic mass is 79.9. The third-order valence-corrected chi connectivity index (χ3v) is 7.02. The number of anilines is 1. The minimum absolute atomic E-state index is 0.274. The van der Waals surface area contributed by atoms with Gasteiger partial charge in [-0.2, -0.15) is 0 Å². The third kappa shape index (κ3) is 3.22. The molecule has 2 aromatic rings. The number of rotatable bonds is 4. The number of aryl methyl sites for hydroxylation is 2.